The molecule has 0 saturated heterocycles. The van der Waals surface area contributed by atoms with Crippen molar-refractivity contribution in [1.29, 1.82) is 0 Å². The fraction of sp³-hybridized carbons (Fsp3) is 0.200. The van der Waals surface area contributed by atoms with Gasteiger partial charge in [0, 0.05) is 30.8 Å². The van der Waals surface area contributed by atoms with E-state index in [1.807, 2.05) is 6.07 Å². The zero-order valence-corrected chi connectivity index (χ0v) is 10.7. The predicted octanol–water partition coefficient (Wildman–Crippen LogP) is 2.94. The molecule has 0 aliphatic heterocycles. The minimum Gasteiger partial charge on any atom is -0.326 e. The van der Waals surface area contributed by atoms with Crippen molar-refractivity contribution < 1.29 is 9.18 Å². The van der Waals surface area contributed by atoms with E-state index in [-0.39, 0.29) is 5.78 Å². The first-order valence-corrected chi connectivity index (χ1v) is 6.14. The minimum absolute atomic E-state index is 0.0162. The molecule has 4 heteroatoms. The lowest BCUT2D eigenvalue weighted by Gasteiger charge is -2.13. The molecule has 2 rings (SSSR count). The minimum atomic E-state index is -0.570. The van der Waals surface area contributed by atoms with E-state index in [1.165, 1.54) is 12.3 Å². The number of nitrogens with two attached hydrogens (primary N) is 1. The summed E-state index contributed by atoms with van der Waals surface area (Å²) in [5.74, 6) is -0.554. The van der Waals surface area contributed by atoms with E-state index < -0.39 is 5.95 Å². The number of carbonyl (C=O) groups excluding carboxylic acids is 1. The van der Waals surface area contributed by atoms with Gasteiger partial charge in [-0.2, -0.15) is 4.39 Å². The maximum absolute atomic E-state index is 13.3. The zero-order valence-electron chi connectivity index (χ0n) is 10.7. The van der Waals surface area contributed by atoms with E-state index in [0.717, 1.165) is 5.56 Å². The molecule has 19 heavy (non-hydrogen) atoms. The van der Waals surface area contributed by atoms with Crippen LogP contribution in [0.1, 0.15) is 29.3 Å². The summed E-state index contributed by atoms with van der Waals surface area (Å²) in [6.45, 7) is 2.10. The Labute approximate surface area is 111 Å². The summed E-state index contributed by atoms with van der Waals surface area (Å²) in [5, 5.41) is 0. The van der Waals surface area contributed by atoms with Crippen LogP contribution >= 0.6 is 0 Å². The largest absolute Gasteiger partial charge is 0.326 e. The van der Waals surface area contributed by atoms with E-state index in [2.05, 4.69) is 4.98 Å². The molecule has 2 N–H and O–H groups in total. The molecule has 0 fully saturated rings. The van der Waals surface area contributed by atoms with Gasteiger partial charge in [0.15, 0.2) is 5.78 Å². The van der Waals surface area contributed by atoms with Gasteiger partial charge in [-0.15, -0.1) is 0 Å². The Bertz CT molecular complexity index is 611. The molecule has 2 aromatic rings. The van der Waals surface area contributed by atoms with Gasteiger partial charge in [0.05, 0.1) is 0 Å². The number of hydrogen-bond donors (Lipinski definition) is 1. The number of aromatic nitrogens is 1. The molecule has 0 atom stereocenters. The summed E-state index contributed by atoms with van der Waals surface area (Å²) in [4.78, 5) is 15.5. The molecule has 98 valence electrons. The van der Waals surface area contributed by atoms with Gasteiger partial charge >= 0.3 is 0 Å². The zero-order chi connectivity index (χ0) is 13.8. The highest BCUT2D eigenvalue weighted by molar-refractivity contribution is 6.02. The maximum atomic E-state index is 13.3. The lowest BCUT2D eigenvalue weighted by atomic mass is 9.92. The van der Waals surface area contributed by atoms with Crippen LogP contribution in [0.5, 0.6) is 0 Å². The summed E-state index contributed by atoms with van der Waals surface area (Å²) < 4.78 is 13.3. The second kappa shape index (κ2) is 5.71. The molecule has 0 aliphatic rings. The monoisotopic (exact) mass is 258 g/mol. The summed E-state index contributed by atoms with van der Waals surface area (Å²) in [6, 6.07) is 8.40. The van der Waals surface area contributed by atoms with Gasteiger partial charge in [0.1, 0.15) is 0 Å². The van der Waals surface area contributed by atoms with E-state index in [1.54, 1.807) is 25.1 Å². The van der Waals surface area contributed by atoms with Crippen LogP contribution in [0.2, 0.25) is 0 Å². The Kier molecular flexibility index (Phi) is 4.02. The highest BCUT2D eigenvalue weighted by Crippen LogP contribution is 2.28. The Morgan fingerprint density at radius 1 is 1.37 bits per heavy atom. The van der Waals surface area contributed by atoms with Crippen LogP contribution in [0, 0.1) is 5.95 Å². The third-order valence-electron chi connectivity index (χ3n) is 3.01. The van der Waals surface area contributed by atoms with Crippen LogP contribution in [0.25, 0.3) is 11.1 Å². The van der Waals surface area contributed by atoms with Crippen LogP contribution in [-0.4, -0.2) is 10.8 Å². The molecule has 3 nitrogen and oxygen atoms in total. The standard InChI is InChI=1S/C15H15FN2O/c1-2-13(19)12-5-3-4-11(9-17)15(12)10-6-7-18-14(16)8-10/h3-8H,2,9,17H2,1H3. The number of halogens is 1. The lowest BCUT2D eigenvalue weighted by molar-refractivity contribution is 0.0988. The normalized spacial score (nSPS) is 10.5. The lowest BCUT2D eigenvalue weighted by Crippen LogP contribution is -2.06. The van der Waals surface area contributed by atoms with Crippen molar-refractivity contribution in [3.05, 3.63) is 53.6 Å². The number of carbonyl (C=O) groups is 1. The van der Waals surface area contributed by atoms with Crippen LogP contribution in [0.15, 0.2) is 36.5 Å². The van der Waals surface area contributed by atoms with Crippen molar-refractivity contribution >= 4 is 5.78 Å². The predicted molar refractivity (Wildman–Crippen MR) is 72.1 cm³/mol. The number of ketones is 1. The number of nitrogens with zero attached hydrogens (tertiary/aromatic N) is 1. The van der Waals surface area contributed by atoms with Gasteiger partial charge in [0.25, 0.3) is 0 Å². The summed E-state index contributed by atoms with van der Waals surface area (Å²) in [5.41, 5.74) is 8.46. The summed E-state index contributed by atoms with van der Waals surface area (Å²) in [6.07, 6.45) is 1.78. The number of rotatable bonds is 4. The van der Waals surface area contributed by atoms with Crippen molar-refractivity contribution in [3.63, 3.8) is 0 Å². The molecule has 1 aromatic carbocycles. The van der Waals surface area contributed by atoms with Crippen molar-refractivity contribution in [2.75, 3.05) is 0 Å². The topological polar surface area (TPSA) is 56.0 Å². The molecular weight excluding hydrogens is 243 g/mol. The van der Waals surface area contributed by atoms with Crippen LogP contribution in [-0.2, 0) is 6.54 Å². The highest BCUT2D eigenvalue weighted by Gasteiger charge is 2.15. The fourth-order valence-electron chi connectivity index (χ4n) is 2.09. The molecular formula is C15H15FN2O. The van der Waals surface area contributed by atoms with Crippen molar-refractivity contribution in [1.82, 2.24) is 4.98 Å². The summed E-state index contributed by atoms with van der Waals surface area (Å²) in [7, 11) is 0. The fourth-order valence-corrected chi connectivity index (χ4v) is 2.09. The van der Waals surface area contributed by atoms with E-state index in [9.17, 15) is 9.18 Å². The molecule has 0 spiro atoms. The second-order valence-electron chi connectivity index (χ2n) is 4.19. The Balaban J connectivity index is 2.68. The van der Waals surface area contributed by atoms with Gasteiger partial charge in [-0.25, -0.2) is 4.98 Å². The second-order valence-corrected chi connectivity index (χ2v) is 4.19. The third-order valence-corrected chi connectivity index (χ3v) is 3.01. The van der Waals surface area contributed by atoms with E-state index in [4.69, 9.17) is 5.73 Å². The Hall–Kier alpha value is -2.07. The maximum Gasteiger partial charge on any atom is 0.213 e. The smallest absolute Gasteiger partial charge is 0.213 e. The van der Waals surface area contributed by atoms with Crippen LogP contribution in [0.3, 0.4) is 0 Å². The number of hydrogen-bond acceptors (Lipinski definition) is 3. The van der Waals surface area contributed by atoms with Gasteiger partial charge in [-0.05, 0) is 22.8 Å². The Morgan fingerprint density at radius 2 is 2.16 bits per heavy atom. The van der Waals surface area contributed by atoms with Crippen molar-refractivity contribution in [3.8, 4) is 11.1 Å². The first kappa shape index (κ1) is 13.4. The molecule has 1 aromatic heterocycles. The van der Waals surface area contributed by atoms with Gasteiger partial charge in [-0.1, -0.05) is 25.1 Å². The molecule has 1 heterocycles. The highest BCUT2D eigenvalue weighted by atomic mass is 19.1. The average Bonchev–Trinajstić information content (AvgIpc) is 2.45. The molecule has 0 bridgehead atoms. The van der Waals surface area contributed by atoms with Crippen LogP contribution in [0.4, 0.5) is 4.39 Å². The van der Waals surface area contributed by atoms with E-state index >= 15 is 0 Å². The van der Waals surface area contributed by atoms with Gasteiger partial charge < -0.3 is 5.73 Å². The molecule has 0 saturated carbocycles. The van der Waals surface area contributed by atoms with Gasteiger partial charge in [0.2, 0.25) is 5.95 Å². The molecule has 0 radical (unpaired) electrons. The number of benzene rings is 1. The van der Waals surface area contributed by atoms with Crippen molar-refractivity contribution in [2.24, 2.45) is 5.73 Å². The molecule has 0 aliphatic carbocycles. The van der Waals surface area contributed by atoms with Crippen molar-refractivity contribution in [2.45, 2.75) is 19.9 Å². The summed E-state index contributed by atoms with van der Waals surface area (Å²) >= 11 is 0. The molecule has 0 unspecified atom stereocenters. The Morgan fingerprint density at radius 3 is 2.79 bits per heavy atom. The van der Waals surface area contributed by atoms with Crippen LogP contribution < -0.4 is 5.73 Å². The molecule has 0 amide bonds. The third kappa shape index (κ3) is 2.69. The number of Topliss-reactive ketones (excluding diaryl/α,β-unsaturated/α-hetero) is 1. The first-order chi connectivity index (χ1) is 9.17. The average molecular weight is 258 g/mol. The van der Waals surface area contributed by atoms with Gasteiger partial charge in [-0.3, -0.25) is 4.79 Å². The SMILES string of the molecule is CCC(=O)c1cccc(CN)c1-c1ccnc(F)c1. The number of pyridine rings is 1. The van der Waals surface area contributed by atoms with E-state index in [0.29, 0.717) is 29.7 Å². The first-order valence-electron chi connectivity index (χ1n) is 6.14. The quantitative estimate of drug-likeness (QED) is 0.677.